The van der Waals surface area contributed by atoms with Crippen LogP contribution in [-0.4, -0.2) is 41.8 Å². The first-order valence-electron chi connectivity index (χ1n) is 4.04. The van der Waals surface area contributed by atoms with Crippen LogP contribution in [0.15, 0.2) is 0 Å². The van der Waals surface area contributed by atoms with Crippen LogP contribution >= 0.6 is 0 Å². The lowest BCUT2D eigenvalue weighted by molar-refractivity contribution is -0.976. The van der Waals surface area contributed by atoms with Crippen molar-refractivity contribution < 1.29 is 29.9 Å². The zero-order chi connectivity index (χ0) is 10.8. The largest absolute Gasteiger partial charge is 0.475 e. The second-order valence-electron chi connectivity index (χ2n) is 2.43. The highest BCUT2D eigenvalue weighted by Gasteiger charge is 2.16. The molecule has 84 valence electrons. The fourth-order valence-corrected chi connectivity index (χ4v) is 0.758. The molecule has 0 fully saturated rings. The van der Waals surface area contributed by atoms with Crippen LogP contribution in [-0.2, 0) is 14.5 Å². The summed E-state index contributed by atoms with van der Waals surface area (Å²) < 4.78 is 0. The van der Waals surface area contributed by atoms with Crippen molar-refractivity contribution in [1.82, 2.24) is 5.64 Å². The summed E-state index contributed by atoms with van der Waals surface area (Å²) in [7, 11) is 1.36. The van der Waals surface area contributed by atoms with Crippen LogP contribution < -0.4 is 5.64 Å². The molecule has 0 spiro atoms. The molecule has 8 nitrogen and oxygen atoms in total. The molecule has 0 saturated carbocycles. The van der Waals surface area contributed by atoms with E-state index in [1.165, 1.54) is 7.11 Å². The van der Waals surface area contributed by atoms with E-state index in [4.69, 9.17) is 15.2 Å². The Morgan fingerprint density at radius 2 is 2.29 bits per heavy atom. The van der Waals surface area contributed by atoms with Gasteiger partial charge in [-0.3, -0.25) is 9.68 Å². The minimum absolute atomic E-state index is 0.00700. The third kappa shape index (κ3) is 7.68. The summed E-state index contributed by atoms with van der Waals surface area (Å²) in [6.07, 6.45) is 0.454. The zero-order valence-corrected chi connectivity index (χ0v) is 7.88. The maximum absolute atomic E-state index is 9.99. The highest BCUT2D eigenvalue weighted by atomic mass is 17.0. The minimum Gasteiger partial charge on any atom is -0.396 e. The van der Waals surface area contributed by atoms with Crippen LogP contribution in [0.1, 0.15) is 12.8 Å². The van der Waals surface area contributed by atoms with Crippen molar-refractivity contribution in [2.75, 3.05) is 20.3 Å². The monoisotopic (exact) mass is 211 g/mol. The van der Waals surface area contributed by atoms with Crippen molar-refractivity contribution >= 4 is 0 Å². The number of aliphatic hydroxyl groups is 1. The summed E-state index contributed by atoms with van der Waals surface area (Å²) in [5.41, 5.74) is 2.12. The number of nitrogens with one attached hydrogen (secondary N) is 1. The molecule has 0 aromatic rings. The molecular formula is C6H15N2O6+. The van der Waals surface area contributed by atoms with Crippen LogP contribution in [0.5, 0.6) is 0 Å². The van der Waals surface area contributed by atoms with E-state index in [1.54, 1.807) is 0 Å². The molecule has 1 unspecified atom stereocenters. The fourth-order valence-electron chi connectivity index (χ4n) is 0.758. The molecule has 0 radical (unpaired) electrons. The smallest absolute Gasteiger partial charge is 0.396 e. The molecule has 0 aliphatic heterocycles. The summed E-state index contributed by atoms with van der Waals surface area (Å²) in [6.45, 7) is -0.135. The number of aliphatic hydroxyl groups excluding tert-OH is 1. The van der Waals surface area contributed by atoms with Crippen LogP contribution in [0.2, 0.25) is 0 Å². The molecule has 8 heteroatoms. The maximum atomic E-state index is 9.99. The Labute approximate surface area is 80.8 Å². The molecule has 3 N–H and O–H groups in total. The van der Waals surface area contributed by atoms with Gasteiger partial charge in [-0.05, 0) is 12.8 Å². The molecule has 0 saturated heterocycles. The second kappa shape index (κ2) is 8.63. The Balaban J connectivity index is 3.65. The molecule has 1 atom stereocenters. The predicted molar refractivity (Wildman–Crippen MR) is 42.7 cm³/mol. The normalized spacial score (nSPS) is 12.4. The topological polar surface area (TPSA) is 100 Å². The van der Waals surface area contributed by atoms with Gasteiger partial charge in [0.25, 0.3) is 0 Å². The van der Waals surface area contributed by atoms with Gasteiger partial charge >= 0.3 is 5.09 Å². The highest BCUT2D eigenvalue weighted by molar-refractivity contribution is 4.53. The molecule has 0 aromatic heterocycles. The Morgan fingerprint density at radius 3 is 2.79 bits per heavy atom. The van der Waals surface area contributed by atoms with Gasteiger partial charge in [0.1, 0.15) is 11.0 Å². The molecule has 0 bridgehead atoms. The lowest BCUT2D eigenvalue weighted by Crippen LogP contribution is -2.29. The van der Waals surface area contributed by atoms with Crippen molar-refractivity contribution in [2.45, 2.75) is 18.9 Å². The van der Waals surface area contributed by atoms with E-state index in [0.717, 1.165) is 0 Å². The summed E-state index contributed by atoms with van der Waals surface area (Å²) in [4.78, 5) is 23.5. The molecule has 14 heavy (non-hydrogen) atoms. The summed E-state index contributed by atoms with van der Waals surface area (Å²) >= 11 is 0. The summed E-state index contributed by atoms with van der Waals surface area (Å²) in [5.74, 6) is 0. The lowest BCUT2D eigenvalue weighted by Gasteiger charge is -2.12. The van der Waals surface area contributed by atoms with E-state index in [-0.39, 0.29) is 13.2 Å². The average Bonchev–Trinajstić information content (AvgIpc) is 2.16. The van der Waals surface area contributed by atoms with Crippen molar-refractivity contribution in [3.05, 3.63) is 4.91 Å². The van der Waals surface area contributed by atoms with Gasteiger partial charge in [0.05, 0.1) is 7.11 Å². The molecule has 0 aliphatic rings. The maximum Gasteiger partial charge on any atom is 0.475 e. The third-order valence-corrected chi connectivity index (χ3v) is 1.35. The van der Waals surface area contributed by atoms with Crippen molar-refractivity contribution in [1.29, 1.82) is 0 Å². The standard InChI is InChI=1S/C6H15N2O6/c1-12-7-14-6(3-2-4-9)5-13-8(10)11/h6-7,9H,2-5H2,1H3,(H,10,11)/q+1. The van der Waals surface area contributed by atoms with Crippen LogP contribution in [0, 0.1) is 4.91 Å². The number of rotatable bonds is 9. The zero-order valence-electron chi connectivity index (χ0n) is 7.88. The molecule has 0 rings (SSSR count). The van der Waals surface area contributed by atoms with E-state index in [0.29, 0.717) is 12.8 Å². The van der Waals surface area contributed by atoms with E-state index in [9.17, 15) is 4.91 Å². The Bertz CT molecular complexity index is 147. The van der Waals surface area contributed by atoms with Gasteiger partial charge in [-0.15, -0.1) is 0 Å². The molecule has 0 amide bonds. The number of hydrogen-bond acceptors (Lipinski definition) is 6. The number of hydrogen-bond donors (Lipinski definition) is 3. The summed E-state index contributed by atoms with van der Waals surface area (Å²) in [6, 6.07) is 0. The van der Waals surface area contributed by atoms with Gasteiger partial charge in [0.15, 0.2) is 6.61 Å². The van der Waals surface area contributed by atoms with E-state index in [2.05, 4.69) is 15.3 Å². The first-order valence-corrected chi connectivity index (χ1v) is 4.04. The van der Waals surface area contributed by atoms with Gasteiger partial charge in [-0.1, -0.05) is 5.64 Å². The minimum atomic E-state index is -0.651. The summed E-state index contributed by atoms with van der Waals surface area (Å²) in [5, 5.41) is 16.0. The fraction of sp³-hybridized carbons (Fsp3) is 1.00. The first-order chi connectivity index (χ1) is 6.70. The highest BCUT2D eigenvalue weighted by Crippen LogP contribution is 2.01. The van der Waals surface area contributed by atoms with Crippen LogP contribution in [0.3, 0.4) is 0 Å². The SMILES string of the molecule is CONOC(CCCO)CO[N+](=O)O. The lowest BCUT2D eigenvalue weighted by atomic mass is 10.2. The molecule has 0 heterocycles. The van der Waals surface area contributed by atoms with Crippen molar-refractivity contribution in [2.24, 2.45) is 0 Å². The van der Waals surface area contributed by atoms with Gasteiger partial charge < -0.3 is 5.11 Å². The van der Waals surface area contributed by atoms with E-state index in [1.807, 2.05) is 0 Å². The predicted octanol–water partition coefficient (Wildman–Crippen LogP) is -0.690. The molecule has 0 aromatic carbocycles. The second-order valence-corrected chi connectivity index (χ2v) is 2.43. The average molecular weight is 211 g/mol. The Kier molecular flexibility index (Phi) is 8.04. The van der Waals surface area contributed by atoms with Crippen LogP contribution in [0.25, 0.3) is 0 Å². The van der Waals surface area contributed by atoms with Gasteiger partial charge in [-0.2, -0.15) is 4.84 Å². The van der Waals surface area contributed by atoms with Gasteiger partial charge in [-0.25, -0.2) is 5.21 Å². The van der Waals surface area contributed by atoms with E-state index < -0.39 is 11.2 Å². The van der Waals surface area contributed by atoms with Crippen molar-refractivity contribution in [3.63, 3.8) is 0 Å². The van der Waals surface area contributed by atoms with Gasteiger partial charge in [0, 0.05) is 6.61 Å². The molecule has 0 aliphatic carbocycles. The Morgan fingerprint density at radius 1 is 1.57 bits per heavy atom. The Hall–Kier alpha value is -0.960. The first kappa shape index (κ1) is 13.0. The van der Waals surface area contributed by atoms with Gasteiger partial charge in [0.2, 0.25) is 0 Å². The van der Waals surface area contributed by atoms with E-state index >= 15 is 0 Å². The quantitative estimate of drug-likeness (QED) is 0.434. The molecular weight excluding hydrogens is 196 g/mol. The van der Waals surface area contributed by atoms with Crippen molar-refractivity contribution in [3.8, 4) is 0 Å². The third-order valence-electron chi connectivity index (χ3n) is 1.35. The number of nitrogens with zero attached hydrogens (tertiary/aromatic N) is 1. The van der Waals surface area contributed by atoms with Crippen LogP contribution in [0.4, 0.5) is 0 Å².